The zero-order valence-corrected chi connectivity index (χ0v) is 56.5. The lowest BCUT2D eigenvalue weighted by atomic mass is 9.26. The lowest BCUT2D eigenvalue weighted by molar-refractivity contribution is -0.206. The van der Waals surface area contributed by atoms with Gasteiger partial charge in [-0.15, -0.1) is 11.8 Å². The summed E-state index contributed by atoms with van der Waals surface area (Å²) < 4.78 is 0. The first-order valence-corrected chi connectivity index (χ1v) is 39.5. The molecule has 6 saturated carbocycles. The predicted molar refractivity (Wildman–Crippen MR) is 376 cm³/mol. The Kier molecular flexibility index (Phi) is 14.6. The van der Waals surface area contributed by atoms with E-state index in [2.05, 4.69) is 166 Å². The average molecular weight is 1280 g/mol. The molecule has 3 aromatic carbocycles. The van der Waals surface area contributed by atoms with E-state index in [0.717, 1.165) is 107 Å². The molecule has 7 fully saturated rings. The maximum absolute atomic E-state index is 15.1. The fraction of sp³-hybridized carbons (Fsp3) is 0.583. The molecule has 12 aliphatic carbocycles. The maximum atomic E-state index is 15.1. The van der Waals surface area contributed by atoms with Crippen LogP contribution in [-0.4, -0.2) is 63.2 Å². The van der Waals surface area contributed by atoms with Crippen molar-refractivity contribution >= 4 is 44.8 Å². The van der Waals surface area contributed by atoms with Crippen molar-refractivity contribution in [2.45, 2.75) is 179 Å². The largest absolute Gasteiger partial charge is 0.516 e. The fourth-order valence-corrected chi connectivity index (χ4v) is 30.1. The third-order valence-corrected chi connectivity index (χ3v) is 32.8. The van der Waals surface area contributed by atoms with E-state index < -0.39 is 51.7 Å². The van der Waals surface area contributed by atoms with Crippen LogP contribution in [0.5, 0.6) is 0 Å². The van der Waals surface area contributed by atoms with Crippen molar-refractivity contribution in [3.8, 4) is 11.8 Å². The molecule has 22 rings (SSSR count). The second-order valence-electron chi connectivity index (χ2n) is 33.5. The van der Waals surface area contributed by atoms with Gasteiger partial charge in [-0.2, -0.15) is 0 Å². The number of allylic oxidation sites excluding steroid dienone is 9. The van der Waals surface area contributed by atoms with Gasteiger partial charge in [-0.05, 0) is 235 Å². The van der Waals surface area contributed by atoms with E-state index in [-0.39, 0.29) is 45.8 Å². The Morgan fingerprint density at radius 3 is 2.54 bits per heavy atom. The van der Waals surface area contributed by atoms with Crippen LogP contribution in [0.15, 0.2) is 144 Å². The molecule has 7 nitrogen and oxygen atoms in total. The van der Waals surface area contributed by atoms with E-state index in [1.807, 2.05) is 0 Å². The van der Waals surface area contributed by atoms with E-state index in [0.29, 0.717) is 55.8 Å². The molecule has 19 aliphatic rings. The Morgan fingerprint density at radius 1 is 0.828 bits per heavy atom. The first-order valence-electron chi connectivity index (χ1n) is 37.0. The van der Waals surface area contributed by atoms with Gasteiger partial charge in [-0.1, -0.05) is 168 Å². The van der Waals surface area contributed by atoms with Gasteiger partial charge in [0.1, 0.15) is 0 Å². The summed E-state index contributed by atoms with van der Waals surface area (Å²) >= 11 is 0. The summed E-state index contributed by atoms with van der Waals surface area (Å²) in [5, 5.41) is 61.7. The second-order valence-corrected chi connectivity index (χ2v) is 36.0. The summed E-state index contributed by atoms with van der Waals surface area (Å²) in [5.41, 5.74) is 10.4. The zero-order valence-electron chi connectivity index (χ0n) is 54.9. The van der Waals surface area contributed by atoms with Crippen molar-refractivity contribution < 1.29 is 25.2 Å². The Bertz CT molecular complexity index is 3960. The van der Waals surface area contributed by atoms with Crippen LogP contribution in [0.1, 0.15) is 177 Å². The number of carboxylic acids is 1. The zero-order chi connectivity index (χ0) is 62.7. The molecule has 0 aromatic heterocycles. The molecule has 19 atom stereocenters. The number of dihydropyridines is 1. The van der Waals surface area contributed by atoms with Gasteiger partial charge in [0.2, 0.25) is 0 Å². The molecule has 4 spiro atoms. The third-order valence-electron chi connectivity index (χ3n) is 30.2. The number of hydrogen-bond acceptors (Lipinski definition) is 8. The van der Waals surface area contributed by atoms with Crippen molar-refractivity contribution in [1.82, 2.24) is 10.6 Å². The number of rotatable bonds is 4. The van der Waals surface area contributed by atoms with Gasteiger partial charge >= 0.3 is 5.97 Å². The van der Waals surface area contributed by atoms with Crippen molar-refractivity contribution in [3.05, 3.63) is 171 Å². The number of aliphatic carboxylic acids is 1. The van der Waals surface area contributed by atoms with Gasteiger partial charge in [0, 0.05) is 76.9 Å². The molecule has 93 heavy (non-hydrogen) atoms. The molecule has 3 aromatic rings. The van der Waals surface area contributed by atoms with Crippen LogP contribution >= 0.6 is 21.6 Å². The SMILES string of the molecule is CC12C3CC4=C5CC67C=CCC89CC#CCC(C%10=c%11ccccc%11=CC(C%10=C6)C4(CCC8O)C79)c4cccc(c4)C4=CC=C(NCCCC(C6CCCCC6)C(=CO)CCC(C(=O)O)C1C(O)CC52C12CCC5(CC(CSSCC1C3)C(Cc1ccccc1)C5)C2)NC4. The summed E-state index contributed by atoms with van der Waals surface area (Å²) in [7, 11) is 4.33. The molecule has 486 valence electrons. The van der Waals surface area contributed by atoms with Crippen LogP contribution in [0.2, 0.25) is 0 Å². The molecule has 19 unspecified atom stereocenters. The summed E-state index contributed by atoms with van der Waals surface area (Å²) in [5.74, 6) is 11.9. The number of benzene rings is 3. The smallest absolute Gasteiger partial charge is 0.306 e. The monoisotopic (exact) mass is 1280 g/mol. The molecule has 21 bridgehead atoms. The number of hydrogen-bond donors (Lipinski definition) is 6. The van der Waals surface area contributed by atoms with Crippen LogP contribution < -0.4 is 21.1 Å². The maximum Gasteiger partial charge on any atom is 0.306 e. The summed E-state index contributed by atoms with van der Waals surface area (Å²) in [6.45, 7) is 4.15. The highest BCUT2D eigenvalue weighted by molar-refractivity contribution is 8.76. The van der Waals surface area contributed by atoms with Gasteiger partial charge in [0.25, 0.3) is 0 Å². The summed E-state index contributed by atoms with van der Waals surface area (Å²) in [4.78, 5) is 15.1. The fourth-order valence-electron chi connectivity index (χ4n) is 27.1. The van der Waals surface area contributed by atoms with Crippen LogP contribution in [0.3, 0.4) is 0 Å². The molecular weight excluding hydrogens is 1180 g/mol. The van der Waals surface area contributed by atoms with E-state index in [1.54, 1.807) is 11.1 Å². The molecule has 7 aliphatic heterocycles. The molecule has 0 amide bonds. The van der Waals surface area contributed by atoms with E-state index in [4.69, 9.17) is 0 Å². The van der Waals surface area contributed by atoms with Gasteiger partial charge < -0.3 is 31.1 Å². The normalized spacial score (nSPS) is 43.8. The van der Waals surface area contributed by atoms with E-state index in [9.17, 15) is 20.4 Å². The number of fused-ring (bicyclic) bond motifs is 2. The Morgan fingerprint density at radius 2 is 1.69 bits per heavy atom. The van der Waals surface area contributed by atoms with Gasteiger partial charge in [0.05, 0.1) is 30.2 Å². The molecule has 1 saturated heterocycles. The number of nitrogens with one attached hydrogen (secondary N) is 2. The lowest BCUT2D eigenvalue weighted by Gasteiger charge is -2.77. The minimum atomic E-state index is -0.797. The van der Waals surface area contributed by atoms with Crippen LogP contribution in [0, 0.1) is 109 Å². The average Bonchev–Trinajstić information content (AvgIpc) is 1.62. The minimum Gasteiger partial charge on any atom is -0.516 e. The Labute approximate surface area is 560 Å². The summed E-state index contributed by atoms with van der Waals surface area (Å²) in [6, 6.07) is 30.2. The molecule has 7 heterocycles. The Balaban J connectivity index is 0.880. The van der Waals surface area contributed by atoms with Crippen molar-refractivity contribution in [2.24, 2.45) is 97.1 Å². The van der Waals surface area contributed by atoms with Crippen LogP contribution in [-0.2, 0) is 11.2 Å². The first-order chi connectivity index (χ1) is 45.4. The lowest BCUT2D eigenvalue weighted by Crippen LogP contribution is -2.71. The number of carboxylic acid groups (broad SMARTS) is 1. The van der Waals surface area contributed by atoms with Crippen LogP contribution in [0.4, 0.5) is 0 Å². The topological polar surface area (TPSA) is 122 Å². The highest BCUT2D eigenvalue weighted by Crippen LogP contribution is 2.89. The number of aliphatic hydroxyl groups is 3. The summed E-state index contributed by atoms with van der Waals surface area (Å²) in [6.07, 6.45) is 38.7. The molecule has 6 N–H and O–H groups in total. The quantitative estimate of drug-likeness (QED) is 0.0656. The van der Waals surface area contributed by atoms with Crippen molar-refractivity contribution in [2.75, 3.05) is 24.6 Å². The predicted octanol–water partition coefficient (Wildman–Crippen LogP) is 15.7. The number of carbonyl (C=O) groups is 1. The van der Waals surface area contributed by atoms with Gasteiger partial charge in [-0.3, -0.25) is 4.79 Å². The highest BCUT2D eigenvalue weighted by Gasteiger charge is 2.83. The highest BCUT2D eigenvalue weighted by atomic mass is 33.1. The van der Waals surface area contributed by atoms with Crippen molar-refractivity contribution in [1.29, 1.82) is 0 Å². The molecule has 9 heteroatoms. The number of aliphatic hydroxyl groups excluding tert-OH is 3. The molecular formula is C84H98N2O5S2. The van der Waals surface area contributed by atoms with Gasteiger partial charge in [-0.25, -0.2) is 0 Å². The van der Waals surface area contributed by atoms with Gasteiger partial charge in [0.15, 0.2) is 0 Å². The molecule has 0 radical (unpaired) electrons. The van der Waals surface area contributed by atoms with E-state index >= 15 is 4.79 Å². The first kappa shape index (κ1) is 60.3. The van der Waals surface area contributed by atoms with E-state index in [1.165, 1.54) is 101 Å². The van der Waals surface area contributed by atoms with Crippen molar-refractivity contribution in [3.63, 3.8) is 0 Å². The third kappa shape index (κ3) is 8.66. The van der Waals surface area contributed by atoms with Crippen LogP contribution in [0.25, 0.3) is 17.2 Å². The standard InChI is InChI=1S/C84H98N2O5S2/c1-78-61-40-62-50-93-92-49-60-43-79(42-59(60)37-52-15-4-2-5-16-52)34-35-82(62,51-79)84(78)46-71(88)75(78)66(76(90)91)27-25-58(48-87)63(53-17-6-3-7-18-53)24-13-36-85-73-28-26-57(47-86-73)54-20-12-21-55(38-54)64-23-10-11-31-81-32-14-30-80-44-67-68(39-56-19-8-9-22-65(56)74(64)67)83(77(80)81,33-29-72(81)89)69(41-61)70(84)45-80/h2,4-5,8-9,12,14-16,19-22,26,28,30,38-39,44,48,53,59-64,66,68,71-72,75,77,85-89H,3,6-7,13,17-18,23-25,27,29,31-37,40-43,45-47,49-51H2,1H3,(H,90,91). The second kappa shape index (κ2) is 22.5. The minimum absolute atomic E-state index is 0.00537. The Hall–Kier alpha value is -5.11.